The molecule has 6 heteroatoms. The summed E-state index contributed by atoms with van der Waals surface area (Å²) in [7, 11) is 0. The van der Waals surface area contributed by atoms with Gasteiger partial charge < -0.3 is 9.64 Å². The van der Waals surface area contributed by atoms with Crippen LogP contribution in [0.4, 0.5) is 5.82 Å². The minimum Gasteiger partial charge on any atom is -0.378 e. The highest BCUT2D eigenvalue weighted by Crippen LogP contribution is 2.22. The Labute approximate surface area is 123 Å². The van der Waals surface area contributed by atoms with E-state index in [1.54, 1.807) is 0 Å². The summed E-state index contributed by atoms with van der Waals surface area (Å²) in [5.41, 5.74) is 2.02. The van der Waals surface area contributed by atoms with Gasteiger partial charge in [0.05, 0.1) is 18.9 Å². The number of hydrogen-bond acceptors (Lipinski definition) is 4. The zero-order chi connectivity index (χ0) is 14.1. The third-order valence-corrected chi connectivity index (χ3v) is 3.54. The van der Waals surface area contributed by atoms with E-state index in [1.165, 1.54) is 0 Å². The Bertz CT molecular complexity index is 620. The average molecular weight is 293 g/mol. The SMILES string of the molecule is Cc1cc(C)n(-c2cc(Cl)cc(N3CCOCC3)n2)n1. The van der Waals surface area contributed by atoms with Crippen molar-refractivity contribution in [3.63, 3.8) is 0 Å². The van der Waals surface area contributed by atoms with E-state index in [0.717, 1.165) is 49.3 Å². The van der Waals surface area contributed by atoms with Crippen molar-refractivity contribution in [3.05, 3.63) is 34.6 Å². The maximum absolute atomic E-state index is 6.24. The van der Waals surface area contributed by atoms with Crippen molar-refractivity contribution in [1.29, 1.82) is 0 Å². The third kappa shape index (κ3) is 2.64. The molecule has 0 amide bonds. The Balaban J connectivity index is 1.99. The second kappa shape index (κ2) is 5.42. The smallest absolute Gasteiger partial charge is 0.157 e. The first-order valence-corrected chi connectivity index (χ1v) is 7.05. The van der Waals surface area contributed by atoms with Gasteiger partial charge in [0.2, 0.25) is 0 Å². The number of morpholine rings is 1. The first-order valence-electron chi connectivity index (χ1n) is 6.67. The predicted molar refractivity (Wildman–Crippen MR) is 78.9 cm³/mol. The van der Waals surface area contributed by atoms with Crippen LogP contribution in [0.15, 0.2) is 18.2 Å². The van der Waals surface area contributed by atoms with Crippen LogP contribution in [0, 0.1) is 13.8 Å². The summed E-state index contributed by atoms with van der Waals surface area (Å²) < 4.78 is 7.19. The normalized spacial score (nSPS) is 15.7. The second-order valence-corrected chi connectivity index (χ2v) is 5.38. The average Bonchev–Trinajstić information content (AvgIpc) is 2.78. The van der Waals surface area contributed by atoms with Gasteiger partial charge >= 0.3 is 0 Å². The summed E-state index contributed by atoms with van der Waals surface area (Å²) in [6.07, 6.45) is 0. The molecule has 0 unspecified atom stereocenters. The molecule has 106 valence electrons. The van der Waals surface area contributed by atoms with E-state index < -0.39 is 0 Å². The number of anilines is 1. The molecule has 3 rings (SSSR count). The third-order valence-electron chi connectivity index (χ3n) is 3.32. The lowest BCUT2D eigenvalue weighted by atomic mass is 10.3. The van der Waals surface area contributed by atoms with E-state index in [0.29, 0.717) is 5.02 Å². The van der Waals surface area contributed by atoms with Gasteiger partial charge in [0.25, 0.3) is 0 Å². The van der Waals surface area contributed by atoms with Gasteiger partial charge in [0, 0.05) is 29.9 Å². The molecule has 1 fully saturated rings. The van der Waals surface area contributed by atoms with Crippen LogP contribution in [0.25, 0.3) is 5.82 Å². The zero-order valence-corrected chi connectivity index (χ0v) is 12.4. The lowest BCUT2D eigenvalue weighted by Crippen LogP contribution is -2.36. The number of aryl methyl sites for hydroxylation is 2. The van der Waals surface area contributed by atoms with Crippen molar-refractivity contribution in [2.24, 2.45) is 0 Å². The Morgan fingerprint density at radius 3 is 2.45 bits per heavy atom. The lowest BCUT2D eigenvalue weighted by molar-refractivity contribution is 0.122. The van der Waals surface area contributed by atoms with Gasteiger partial charge in [-0.1, -0.05) is 11.6 Å². The van der Waals surface area contributed by atoms with Gasteiger partial charge in [-0.15, -0.1) is 0 Å². The van der Waals surface area contributed by atoms with Crippen LogP contribution >= 0.6 is 11.6 Å². The maximum Gasteiger partial charge on any atom is 0.157 e. The molecule has 0 bridgehead atoms. The van der Waals surface area contributed by atoms with Crippen LogP contribution in [0.3, 0.4) is 0 Å². The standard InChI is InChI=1S/C14H17ClN4O/c1-10-7-11(2)19(17-10)14-9-12(15)8-13(16-14)18-3-5-20-6-4-18/h7-9H,3-6H2,1-2H3. The van der Waals surface area contributed by atoms with Gasteiger partial charge in [-0.25, -0.2) is 9.67 Å². The van der Waals surface area contributed by atoms with Crippen molar-refractivity contribution in [1.82, 2.24) is 14.8 Å². The summed E-state index contributed by atoms with van der Waals surface area (Å²) in [4.78, 5) is 6.87. The van der Waals surface area contributed by atoms with Crippen LogP contribution in [-0.2, 0) is 4.74 Å². The highest BCUT2D eigenvalue weighted by molar-refractivity contribution is 6.31. The molecule has 1 aliphatic heterocycles. The van der Waals surface area contributed by atoms with Crippen molar-refractivity contribution in [3.8, 4) is 5.82 Å². The molecule has 3 heterocycles. The molecule has 0 atom stereocenters. The molecule has 1 aliphatic rings. The Morgan fingerprint density at radius 1 is 1.10 bits per heavy atom. The van der Waals surface area contributed by atoms with Crippen LogP contribution in [0.5, 0.6) is 0 Å². The van der Waals surface area contributed by atoms with E-state index >= 15 is 0 Å². The molecule has 0 radical (unpaired) electrons. The molecule has 0 aliphatic carbocycles. The minimum absolute atomic E-state index is 0.670. The first kappa shape index (κ1) is 13.4. The fourth-order valence-corrected chi connectivity index (χ4v) is 2.59. The molecular weight excluding hydrogens is 276 g/mol. The van der Waals surface area contributed by atoms with Gasteiger partial charge in [-0.05, 0) is 26.0 Å². The zero-order valence-electron chi connectivity index (χ0n) is 11.6. The number of ether oxygens (including phenoxy) is 1. The highest BCUT2D eigenvalue weighted by Gasteiger charge is 2.15. The Hall–Kier alpha value is -1.59. The van der Waals surface area contributed by atoms with E-state index in [4.69, 9.17) is 16.3 Å². The summed E-state index contributed by atoms with van der Waals surface area (Å²) >= 11 is 6.24. The molecule has 20 heavy (non-hydrogen) atoms. The molecule has 0 saturated carbocycles. The first-order chi connectivity index (χ1) is 9.63. The van der Waals surface area contributed by atoms with Crippen LogP contribution < -0.4 is 4.90 Å². The van der Waals surface area contributed by atoms with Crippen LogP contribution in [0.2, 0.25) is 5.02 Å². The van der Waals surface area contributed by atoms with Gasteiger partial charge in [-0.3, -0.25) is 0 Å². The van der Waals surface area contributed by atoms with Crippen LogP contribution in [-0.4, -0.2) is 41.1 Å². The van der Waals surface area contributed by atoms with Crippen molar-refractivity contribution in [2.75, 3.05) is 31.2 Å². The quantitative estimate of drug-likeness (QED) is 0.852. The topological polar surface area (TPSA) is 43.2 Å². The molecule has 2 aromatic rings. The highest BCUT2D eigenvalue weighted by atomic mass is 35.5. The van der Waals surface area contributed by atoms with Gasteiger partial charge in [-0.2, -0.15) is 5.10 Å². The van der Waals surface area contributed by atoms with E-state index in [1.807, 2.05) is 36.7 Å². The van der Waals surface area contributed by atoms with E-state index in [9.17, 15) is 0 Å². The summed E-state index contributed by atoms with van der Waals surface area (Å²) in [6, 6.07) is 5.75. The minimum atomic E-state index is 0.670. The van der Waals surface area contributed by atoms with Gasteiger partial charge in [0.15, 0.2) is 5.82 Å². The Morgan fingerprint density at radius 2 is 1.80 bits per heavy atom. The van der Waals surface area contributed by atoms with Crippen molar-refractivity contribution in [2.45, 2.75) is 13.8 Å². The largest absolute Gasteiger partial charge is 0.378 e. The number of halogens is 1. The fourth-order valence-electron chi connectivity index (χ4n) is 2.39. The summed E-state index contributed by atoms with van der Waals surface area (Å²) in [5.74, 6) is 1.63. The molecule has 5 nitrogen and oxygen atoms in total. The second-order valence-electron chi connectivity index (χ2n) is 4.94. The summed E-state index contributed by atoms with van der Waals surface area (Å²) in [6.45, 7) is 7.11. The van der Waals surface area contributed by atoms with E-state index in [2.05, 4.69) is 15.0 Å². The Kier molecular flexibility index (Phi) is 3.63. The molecule has 2 aromatic heterocycles. The predicted octanol–water partition coefficient (Wildman–Crippen LogP) is 2.37. The molecule has 0 N–H and O–H groups in total. The van der Waals surface area contributed by atoms with Gasteiger partial charge in [0.1, 0.15) is 5.82 Å². The lowest BCUT2D eigenvalue weighted by Gasteiger charge is -2.28. The molecule has 1 saturated heterocycles. The summed E-state index contributed by atoms with van der Waals surface area (Å²) in [5, 5.41) is 5.13. The molecule has 0 aromatic carbocycles. The molecule has 0 spiro atoms. The molecular formula is C14H17ClN4O. The van der Waals surface area contributed by atoms with Crippen molar-refractivity contribution < 1.29 is 4.74 Å². The number of pyridine rings is 1. The fraction of sp³-hybridized carbons (Fsp3) is 0.429. The number of nitrogens with zero attached hydrogens (tertiary/aromatic N) is 4. The van der Waals surface area contributed by atoms with Crippen molar-refractivity contribution >= 4 is 17.4 Å². The van der Waals surface area contributed by atoms with Crippen LogP contribution in [0.1, 0.15) is 11.4 Å². The maximum atomic E-state index is 6.24. The van der Waals surface area contributed by atoms with E-state index in [-0.39, 0.29) is 0 Å². The number of aromatic nitrogens is 3. The number of rotatable bonds is 2. The number of hydrogen-bond donors (Lipinski definition) is 0. The monoisotopic (exact) mass is 292 g/mol.